The van der Waals surface area contributed by atoms with Crippen LogP contribution < -0.4 is 5.56 Å². The molecule has 0 amide bonds. The fourth-order valence-electron chi connectivity index (χ4n) is 0.478. The summed E-state index contributed by atoms with van der Waals surface area (Å²) in [7, 11) is 0. The monoisotopic (exact) mass is 143 g/mol. The highest BCUT2D eigenvalue weighted by Gasteiger charge is 1.93. The Labute approximate surface area is 55.9 Å². The molecule has 0 atom stereocenters. The highest BCUT2D eigenvalue weighted by Crippen LogP contribution is 2.04. The lowest BCUT2D eigenvalue weighted by molar-refractivity contribution is 0.662. The second-order valence-corrected chi connectivity index (χ2v) is 2.08. The second-order valence-electron chi connectivity index (χ2n) is 1.45. The molecule has 1 aromatic heterocycles. The molecule has 0 spiro atoms. The van der Waals surface area contributed by atoms with Crippen LogP contribution in [0.15, 0.2) is 28.0 Å². The van der Waals surface area contributed by atoms with E-state index in [1.54, 1.807) is 12.1 Å². The molecule has 1 rings (SSSR count). The number of hydrogen-bond acceptors (Lipinski definition) is 3. The van der Waals surface area contributed by atoms with Crippen LogP contribution in [0.3, 0.4) is 0 Å². The van der Waals surface area contributed by atoms with Crippen molar-refractivity contribution in [3.05, 3.63) is 28.7 Å². The van der Waals surface area contributed by atoms with E-state index in [0.717, 1.165) is 0 Å². The summed E-state index contributed by atoms with van der Waals surface area (Å²) in [6.07, 6.45) is 1.52. The first kappa shape index (κ1) is 6.38. The maximum Gasteiger partial charge on any atom is 0.263 e. The van der Waals surface area contributed by atoms with E-state index in [9.17, 15) is 4.79 Å². The van der Waals surface area contributed by atoms with Gasteiger partial charge in [-0.05, 0) is 12.1 Å². The molecular formula is C5H5NO2S. The van der Waals surface area contributed by atoms with Crippen molar-refractivity contribution in [3.8, 4) is 0 Å². The molecule has 0 aliphatic heterocycles. The molecule has 0 aromatic carbocycles. The fourth-order valence-corrected chi connectivity index (χ4v) is 0.759. The summed E-state index contributed by atoms with van der Waals surface area (Å²) in [6, 6.07) is 3.20. The minimum atomic E-state index is -0.259. The van der Waals surface area contributed by atoms with E-state index < -0.39 is 0 Å². The first-order valence-electron chi connectivity index (χ1n) is 2.33. The maximum absolute atomic E-state index is 10.6. The van der Waals surface area contributed by atoms with Crippen LogP contribution >= 0.6 is 12.0 Å². The van der Waals surface area contributed by atoms with Crippen molar-refractivity contribution in [3.63, 3.8) is 0 Å². The predicted octanol–water partition coefficient (Wildman–Crippen LogP) is 0.940. The topological polar surface area (TPSA) is 53.1 Å². The van der Waals surface area contributed by atoms with Gasteiger partial charge in [0.1, 0.15) is 4.90 Å². The SMILES string of the molecule is O=c1[nH]cccc1SO. The van der Waals surface area contributed by atoms with Crippen LogP contribution in [0.2, 0.25) is 0 Å². The van der Waals surface area contributed by atoms with Crippen LogP contribution in [-0.2, 0) is 0 Å². The Morgan fingerprint density at radius 1 is 1.67 bits per heavy atom. The Balaban J connectivity index is 3.16. The number of rotatable bonds is 1. The Morgan fingerprint density at radius 2 is 2.44 bits per heavy atom. The summed E-state index contributed by atoms with van der Waals surface area (Å²) in [5.41, 5.74) is -0.259. The van der Waals surface area contributed by atoms with Crippen molar-refractivity contribution in [2.24, 2.45) is 0 Å². The molecule has 1 aromatic rings. The normalized spacial score (nSPS) is 9.44. The van der Waals surface area contributed by atoms with Crippen molar-refractivity contribution in [1.82, 2.24) is 4.98 Å². The van der Waals surface area contributed by atoms with Crippen molar-refractivity contribution in [2.45, 2.75) is 4.90 Å². The van der Waals surface area contributed by atoms with E-state index in [2.05, 4.69) is 4.98 Å². The second kappa shape index (κ2) is 2.70. The zero-order valence-corrected chi connectivity index (χ0v) is 5.31. The lowest BCUT2D eigenvalue weighted by atomic mass is 10.5. The summed E-state index contributed by atoms with van der Waals surface area (Å²) in [5, 5.41) is 0. The molecule has 0 bridgehead atoms. The van der Waals surface area contributed by atoms with Gasteiger partial charge in [0.2, 0.25) is 0 Å². The van der Waals surface area contributed by atoms with E-state index in [4.69, 9.17) is 4.55 Å². The molecule has 9 heavy (non-hydrogen) atoms. The standard InChI is InChI=1S/C5H5NO2S/c7-5-4(9-8)2-1-3-6-5/h1-3,8H,(H,6,7). The Bertz CT molecular complexity index is 245. The van der Waals surface area contributed by atoms with E-state index >= 15 is 0 Å². The number of hydrogen-bond donors (Lipinski definition) is 2. The Hall–Kier alpha value is -0.740. The van der Waals surface area contributed by atoms with E-state index in [-0.39, 0.29) is 5.56 Å². The first-order valence-corrected chi connectivity index (χ1v) is 3.11. The van der Waals surface area contributed by atoms with Gasteiger partial charge in [-0.1, -0.05) is 0 Å². The quantitative estimate of drug-likeness (QED) is 0.575. The van der Waals surface area contributed by atoms with Crippen molar-refractivity contribution >= 4 is 12.0 Å². The summed E-state index contributed by atoms with van der Waals surface area (Å²) in [5.74, 6) is 0. The molecular weight excluding hydrogens is 138 g/mol. The van der Waals surface area contributed by atoms with Gasteiger partial charge >= 0.3 is 0 Å². The van der Waals surface area contributed by atoms with Crippen LogP contribution in [0, 0.1) is 0 Å². The molecule has 0 aliphatic rings. The summed E-state index contributed by atoms with van der Waals surface area (Å²) in [6.45, 7) is 0. The van der Waals surface area contributed by atoms with E-state index in [1.165, 1.54) is 6.20 Å². The average molecular weight is 143 g/mol. The highest BCUT2D eigenvalue weighted by atomic mass is 32.2. The minimum absolute atomic E-state index is 0.259. The molecule has 0 radical (unpaired) electrons. The molecule has 0 unspecified atom stereocenters. The molecule has 0 fully saturated rings. The van der Waals surface area contributed by atoms with Crippen LogP contribution in [0.4, 0.5) is 0 Å². The van der Waals surface area contributed by atoms with Crippen LogP contribution in [0.25, 0.3) is 0 Å². The van der Waals surface area contributed by atoms with Gasteiger partial charge < -0.3 is 9.54 Å². The third kappa shape index (κ3) is 1.34. The fraction of sp³-hybridized carbons (Fsp3) is 0. The van der Waals surface area contributed by atoms with E-state index in [1.807, 2.05) is 0 Å². The molecule has 1 heterocycles. The van der Waals surface area contributed by atoms with Gasteiger partial charge in [-0.25, -0.2) is 0 Å². The summed E-state index contributed by atoms with van der Waals surface area (Å²) < 4.78 is 8.42. The lowest BCUT2D eigenvalue weighted by Gasteiger charge is -1.87. The number of aromatic nitrogens is 1. The Kier molecular flexibility index (Phi) is 1.92. The van der Waals surface area contributed by atoms with Crippen LogP contribution in [0.5, 0.6) is 0 Å². The van der Waals surface area contributed by atoms with Crippen LogP contribution in [-0.4, -0.2) is 9.54 Å². The number of pyridine rings is 1. The lowest BCUT2D eigenvalue weighted by Crippen LogP contribution is -2.05. The largest absolute Gasteiger partial charge is 0.328 e. The molecule has 0 saturated carbocycles. The molecule has 2 N–H and O–H groups in total. The molecule has 48 valence electrons. The van der Waals surface area contributed by atoms with Gasteiger partial charge in [-0.3, -0.25) is 4.79 Å². The minimum Gasteiger partial charge on any atom is -0.328 e. The van der Waals surface area contributed by atoms with E-state index in [0.29, 0.717) is 16.9 Å². The van der Waals surface area contributed by atoms with Crippen molar-refractivity contribution in [1.29, 1.82) is 0 Å². The smallest absolute Gasteiger partial charge is 0.263 e. The predicted molar refractivity (Wildman–Crippen MR) is 35.5 cm³/mol. The van der Waals surface area contributed by atoms with Crippen LogP contribution in [0.1, 0.15) is 0 Å². The zero-order valence-electron chi connectivity index (χ0n) is 4.50. The zero-order chi connectivity index (χ0) is 6.69. The Morgan fingerprint density at radius 3 is 2.89 bits per heavy atom. The van der Waals surface area contributed by atoms with Gasteiger partial charge in [0, 0.05) is 18.2 Å². The molecule has 4 heteroatoms. The number of nitrogens with one attached hydrogen (secondary N) is 1. The molecule has 0 aliphatic carbocycles. The highest BCUT2D eigenvalue weighted by molar-refractivity contribution is 7.93. The summed E-state index contributed by atoms with van der Waals surface area (Å²) >= 11 is 0.452. The third-order valence-electron chi connectivity index (χ3n) is 0.880. The van der Waals surface area contributed by atoms with Gasteiger partial charge in [-0.15, -0.1) is 0 Å². The van der Waals surface area contributed by atoms with Crippen molar-refractivity contribution < 1.29 is 4.55 Å². The molecule has 3 nitrogen and oxygen atoms in total. The van der Waals surface area contributed by atoms with Crippen molar-refractivity contribution in [2.75, 3.05) is 0 Å². The van der Waals surface area contributed by atoms with Gasteiger partial charge in [0.15, 0.2) is 0 Å². The number of aromatic amines is 1. The van der Waals surface area contributed by atoms with Gasteiger partial charge in [0.05, 0.1) is 0 Å². The first-order chi connectivity index (χ1) is 4.34. The molecule has 0 saturated heterocycles. The third-order valence-corrected chi connectivity index (χ3v) is 1.40. The summed E-state index contributed by atoms with van der Waals surface area (Å²) in [4.78, 5) is 13.3. The number of H-pyrrole nitrogens is 1. The average Bonchev–Trinajstić information content (AvgIpc) is 1.89. The van der Waals surface area contributed by atoms with Gasteiger partial charge in [-0.2, -0.15) is 0 Å². The van der Waals surface area contributed by atoms with Gasteiger partial charge in [0.25, 0.3) is 5.56 Å². The maximum atomic E-state index is 10.6.